The molecule has 0 spiro atoms. The van der Waals surface area contributed by atoms with Crippen LogP contribution in [0.1, 0.15) is 11.3 Å². The van der Waals surface area contributed by atoms with Gasteiger partial charge >= 0.3 is 0 Å². The van der Waals surface area contributed by atoms with E-state index < -0.39 is 0 Å². The summed E-state index contributed by atoms with van der Waals surface area (Å²) in [5, 5.41) is 4.35. The first-order valence-electron chi connectivity index (χ1n) is 8.73. The van der Waals surface area contributed by atoms with Crippen molar-refractivity contribution in [3.63, 3.8) is 0 Å². The van der Waals surface area contributed by atoms with Crippen molar-refractivity contribution in [2.24, 2.45) is 18.9 Å². The third-order valence-electron chi connectivity index (χ3n) is 4.91. The summed E-state index contributed by atoms with van der Waals surface area (Å²) in [4.78, 5) is 25.5. The van der Waals surface area contributed by atoms with Crippen LogP contribution in [0.4, 0.5) is 5.82 Å². The number of hydrogen-bond donors (Lipinski definition) is 0. The Morgan fingerprint density at radius 2 is 2.19 bits per heavy atom. The number of aromatic nitrogens is 4. The molecule has 3 rings (SSSR count). The van der Waals surface area contributed by atoms with Gasteiger partial charge in [-0.15, -0.1) is 0 Å². The summed E-state index contributed by atoms with van der Waals surface area (Å²) in [6.45, 7) is 4.43. The lowest BCUT2D eigenvalue weighted by atomic mass is 9.95. The van der Waals surface area contributed by atoms with E-state index in [2.05, 4.69) is 20.0 Å². The van der Waals surface area contributed by atoms with E-state index in [-0.39, 0.29) is 17.7 Å². The van der Waals surface area contributed by atoms with E-state index in [1.807, 2.05) is 27.2 Å². The van der Waals surface area contributed by atoms with Crippen molar-refractivity contribution in [1.82, 2.24) is 24.6 Å². The molecule has 2 aromatic rings. The van der Waals surface area contributed by atoms with Crippen LogP contribution < -0.4 is 4.90 Å². The average molecular weight is 358 g/mol. The lowest BCUT2D eigenvalue weighted by Crippen LogP contribution is -2.37. The molecular weight excluding hydrogens is 332 g/mol. The monoisotopic (exact) mass is 358 g/mol. The fourth-order valence-electron chi connectivity index (χ4n) is 3.60. The van der Waals surface area contributed by atoms with Crippen LogP contribution in [0.3, 0.4) is 0 Å². The number of hydrogen-bond acceptors (Lipinski definition) is 6. The van der Waals surface area contributed by atoms with Crippen molar-refractivity contribution in [2.75, 3.05) is 38.8 Å². The molecule has 8 nitrogen and oxygen atoms in total. The van der Waals surface area contributed by atoms with Gasteiger partial charge in [0.05, 0.1) is 24.4 Å². The van der Waals surface area contributed by atoms with Crippen LogP contribution in [0, 0.1) is 18.8 Å². The molecular formula is C18H26N6O2. The number of nitrogens with zero attached hydrogens (tertiary/aromatic N) is 6. The minimum atomic E-state index is -0.126. The van der Waals surface area contributed by atoms with Crippen molar-refractivity contribution < 1.29 is 9.53 Å². The van der Waals surface area contributed by atoms with Gasteiger partial charge in [0, 0.05) is 70.9 Å². The summed E-state index contributed by atoms with van der Waals surface area (Å²) < 4.78 is 7.14. The molecule has 2 atom stereocenters. The van der Waals surface area contributed by atoms with Gasteiger partial charge in [0.2, 0.25) is 5.91 Å². The van der Waals surface area contributed by atoms with Gasteiger partial charge in [-0.2, -0.15) is 5.10 Å². The summed E-state index contributed by atoms with van der Waals surface area (Å²) in [5.41, 5.74) is 2.02. The first kappa shape index (κ1) is 18.3. The first-order chi connectivity index (χ1) is 12.5. The third-order valence-corrected chi connectivity index (χ3v) is 4.91. The number of aryl methyl sites for hydroxylation is 2. The fraction of sp³-hybridized carbons (Fsp3) is 0.556. The van der Waals surface area contributed by atoms with Crippen LogP contribution >= 0.6 is 0 Å². The number of rotatable bonds is 6. The SMILES string of the molecule is COC[C@@H]1CN(c2cnccn2)C[C@H]1C(=O)N(C)Cc1cn(C)nc1C. The number of carbonyl (C=O) groups is 1. The van der Waals surface area contributed by atoms with E-state index in [4.69, 9.17) is 4.74 Å². The van der Waals surface area contributed by atoms with Crippen LogP contribution in [-0.4, -0.2) is 64.4 Å². The van der Waals surface area contributed by atoms with Crippen LogP contribution in [0.5, 0.6) is 0 Å². The molecule has 1 fully saturated rings. The maximum Gasteiger partial charge on any atom is 0.227 e. The molecule has 140 valence electrons. The minimum absolute atomic E-state index is 0.126. The highest BCUT2D eigenvalue weighted by molar-refractivity contribution is 5.80. The summed E-state index contributed by atoms with van der Waals surface area (Å²) in [6.07, 6.45) is 7.03. The summed E-state index contributed by atoms with van der Waals surface area (Å²) in [6, 6.07) is 0. The molecule has 0 unspecified atom stereocenters. The quantitative estimate of drug-likeness (QED) is 0.763. The van der Waals surface area contributed by atoms with E-state index >= 15 is 0 Å². The van der Waals surface area contributed by atoms with Gasteiger partial charge in [0.25, 0.3) is 0 Å². The molecule has 0 aliphatic carbocycles. The van der Waals surface area contributed by atoms with Crippen molar-refractivity contribution >= 4 is 11.7 Å². The smallest absolute Gasteiger partial charge is 0.227 e. The molecule has 0 saturated carbocycles. The van der Waals surface area contributed by atoms with Crippen LogP contribution in [0.25, 0.3) is 0 Å². The van der Waals surface area contributed by atoms with Gasteiger partial charge in [0.1, 0.15) is 5.82 Å². The molecule has 8 heteroatoms. The average Bonchev–Trinajstić information content (AvgIpc) is 3.18. The summed E-state index contributed by atoms with van der Waals surface area (Å²) >= 11 is 0. The molecule has 1 saturated heterocycles. The van der Waals surface area contributed by atoms with Gasteiger partial charge in [-0.25, -0.2) is 4.98 Å². The number of anilines is 1. The van der Waals surface area contributed by atoms with Crippen molar-refractivity contribution in [3.05, 3.63) is 36.0 Å². The Morgan fingerprint density at radius 3 is 2.81 bits per heavy atom. The lowest BCUT2D eigenvalue weighted by Gasteiger charge is -2.24. The maximum atomic E-state index is 13.1. The van der Waals surface area contributed by atoms with Gasteiger partial charge < -0.3 is 14.5 Å². The standard InChI is InChI=1S/C18H26N6O2/c1-13-14(9-23(3)21-13)8-22(2)18(25)16-11-24(10-15(16)12-26-4)17-7-19-5-6-20-17/h5-7,9,15-16H,8,10-12H2,1-4H3/t15-,16+/m0/s1. The number of carbonyl (C=O) groups excluding carboxylic acids is 1. The molecule has 0 bridgehead atoms. The van der Waals surface area contributed by atoms with E-state index in [0.717, 1.165) is 23.6 Å². The lowest BCUT2D eigenvalue weighted by molar-refractivity contribution is -0.135. The molecule has 0 radical (unpaired) electrons. The minimum Gasteiger partial charge on any atom is -0.384 e. The van der Waals surface area contributed by atoms with E-state index in [9.17, 15) is 4.79 Å². The Balaban J connectivity index is 1.72. The second-order valence-electron chi connectivity index (χ2n) is 6.90. The Kier molecular flexibility index (Phi) is 5.51. The first-order valence-corrected chi connectivity index (χ1v) is 8.73. The Morgan fingerprint density at radius 1 is 1.38 bits per heavy atom. The predicted molar refractivity (Wildman–Crippen MR) is 97.5 cm³/mol. The fourth-order valence-corrected chi connectivity index (χ4v) is 3.60. The largest absolute Gasteiger partial charge is 0.384 e. The number of methoxy groups -OCH3 is 1. The van der Waals surface area contributed by atoms with E-state index in [1.54, 1.807) is 35.3 Å². The second-order valence-corrected chi connectivity index (χ2v) is 6.90. The number of amides is 1. The summed E-state index contributed by atoms with van der Waals surface area (Å²) in [7, 11) is 5.42. The normalized spacial score (nSPS) is 19.8. The van der Waals surface area contributed by atoms with Crippen LogP contribution in [0.2, 0.25) is 0 Å². The van der Waals surface area contributed by atoms with Crippen LogP contribution in [0.15, 0.2) is 24.8 Å². The highest BCUT2D eigenvalue weighted by Crippen LogP contribution is 2.29. The zero-order valence-corrected chi connectivity index (χ0v) is 15.8. The van der Waals surface area contributed by atoms with Gasteiger partial charge in [-0.05, 0) is 6.92 Å². The van der Waals surface area contributed by atoms with Crippen molar-refractivity contribution in [1.29, 1.82) is 0 Å². The number of ether oxygens (including phenoxy) is 1. The highest BCUT2D eigenvalue weighted by Gasteiger charge is 2.39. The van der Waals surface area contributed by atoms with E-state index in [0.29, 0.717) is 19.7 Å². The van der Waals surface area contributed by atoms with Gasteiger partial charge in [-0.3, -0.25) is 14.5 Å². The Labute approximate surface area is 153 Å². The molecule has 0 N–H and O–H groups in total. The molecule has 1 amide bonds. The van der Waals surface area contributed by atoms with Crippen molar-refractivity contribution in [2.45, 2.75) is 13.5 Å². The molecule has 1 aliphatic rings. The summed E-state index contributed by atoms with van der Waals surface area (Å²) in [5.74, 6) is 0.933. The van der Waals surface area contributed by atoms with Gasteiger partial charge in [0.15, 0.2) is 0 Å². The molecule has 26 heavy (non-hydrogen) atoms. The second kappa shape index (κ2) is 7.82. The van der Waals surface area contributed by atoms with Crippen LogP contribution in [-0.2, 0) is 23.1 Å². The zero-order chi connectivity index (χ0) is 18.7. The molecule has 2 aromatic heterocycles. The topological polar surface area (TPSA) is 76.4 Å². The molecule has 0 aromatic carbocycles. The predicted octanol–water partition coefficient (Wildman–Crippen LogP) is 0.876. The Bertz CT molecular complexity index is 747. The third kappa shape index (κ3) is 3.85. The van der Waals surface area contributed by atoms with E-state index in [1.165, 1.54) is 0 Å². The molecule has 1 aliphatic heterocycles. The molecule has 3 heterocycles. The Hall–Kier alpha value is -2.48. The van der Waals surface area contributed by atoms with Crippen molar-refractivity contribution in [3.8, 4) is 0 Å². The van der Waals surface area contributed by atoms with Gasteiger partial charge in [-0.1, -0.05) is 0 Å². The highest BCUT2D eigenvalue weighted by atomic mass is 16.5. The zero-order valence-electron chi connectivity index (χ0n) is 15.8. The maximum absolute atomic E-state index is 13.1.